The third-order valence-electron chi connectivity index (χ3n) is 6.03. The Hall–Kier alpha value is -2.23. The van der Waals surface area contributed by atoms with Crippen molar-refractivity contribution in [3.8, 4) is 0 Å². The van der Waals surface area contributed by atoms with E-state index in [1.54, 1.807) is 31.3 Å². The zero-order valence-electron chi connectivity index (χ0n) is 18.7. The maximum absolute atomic E-state index is 12.7. The predicted molar refractivity (Wildman–Crippen MR) is 124 cm³/mol. The van der Waals surface area contributed by atoms with E-state index in [-0.39, 0.29) is 34.7 Å². The second-order valence-electron chi connectivity index (χ2n) is 8.31. The van der Waals surface area contributed by atoms with Crippen molar-refractivity contribution < 1.29 is 21.6 Å². The highest BCUT2D eigenvalue weighted by molar-refractivity contribution is 7.90. The molecule has 2 aromatic carbocycles. The summed E-state index contributed by atoms with van der Waals surface area (Å²) >= 11 is 0. The van der Waals surface area contributed by atoms with Gasteiger partial charge in [-0.3, -0.25) is 4.79 Å². The number of rotatable bonds is 8. The summed E-state index contributed by atoms with van der Waals surface area (Å²) in [6, 6.07) is 11.4. The van der Waals surface area contributed by atoms with Gasteiger partial charge in [-0.15, -0.1) is 0 Å². The van der Waals surface area contributed by atoms with Gasteiger partial charge >= 0.3 is 0 Å². The summed E-state index contributed by atoms with van der Waals surface area (Å²) in [4.78, 5) is 14.6. The van der Waals surface area contributed by atoms with Crippen LogP contribution >= 0.6 is 0 Å². The zero-order chi connectivity index (χ0) is 23.5. The number of amides is 1. The van der Waals surface area contributed by atoms with Crippen molar-refractivity contribution in [2.45, 2.75) is 54.9 Å². The lowest BCUT2D eigenvalue weighted by Gasteiger charge is -2.25. The minimum atomic E-state index is -3.68. The highest BCUT2D eigenvalue weighted by atomic mass is 32.2. The normalized spacial score (nSPS) is 15.1. The molecule has 174 valence electrons. The number of sulfone groups is 1. The highest BCUT2D eigenvalue weighted by Gasteiger charge is 2.21. The number of carbonyl (C=O) groups excluding carboxylic acids is 1. The Labute approximate surface area is 190 Å². The van der Waals surface area contributed by atoms with E-state index in [0.29, 0.717) is 0 Å². The zero-order valence-corrected chi connectivity index (χ0v) is 20.3. The van der Waals surface area contributed by atoms with Gasteiger partial charge in [0, 0.05) is 26.3 Å². The van der Waals surface area contributed by atoms with Gasteiger partial charge in [-0.25, -0.2) is 21.6 Å². The smallest absolute Gasteiger partial charge is 0.240 e. The maximum atomic E-state index is 12.7. The molecule has 2 aromatic rings. The molecule has 0 saturated heterocycles. The lowest BCUT2D eigenvalue weighted by molar-refractivity contribution is -0.131. The van der Waals surface area contributed by atoms with Crippen molar-refractivity contribution in [3.63, 3.8) is 0 Å². The van der Waals surface area contributed by atoms with Crippen LogP contribution in [0.2, 0.25) is 0 Å². The topological polar surface area (TPSA) is 101 Å². The third kappa shape index (κ3) is 5.76. The van der Waals surface area contributed by atoms with Gasteiger partial charge in [-0.2, -0.15) is 0 Å². The van der Waals surface area contributed by atoms with Crippen molar-refractivity contribution in [3.05, 3.63) is 59.2 Å². The minimum absolute atomic E-state index is 0.00231. The van der Waals surface area contributed by atoms with Gasteiger partial charge in [-0.05, 0) is 73.6 Å². The molecule has 0 fully saturated rings. The van der Waals surface area contributed by atoms with Crippen LogP contribution in [-0.4, -0.2) is 47.5 Å². The van der Waals surface area contributed by atoms with E-state index in [0.717, 1.165) is 43.1 Å². The number of carbonyl (C=O) groups is 1. The van der Waals surface area contributed by atoms with E-state index in [1.807, 2.05) is 13.0 Å². The number of hydrogen-bond acceptors (Lipinski definition) is 5. The van der Waals surface area contributed by atoms with Gasteiger partial charge in [0.05, 0.1) is 15.8 Å². The monoisotopic (exact) mass is 478 g/mol. The quantitative estimate of drug-likeness (QED) is 0.629. The van der Waals surface area contributed by atoms with Crippen LogP contribution in [-0.2, 0) is 37.5 Å². The van der Waals surface area contributed by atoms with Crippen LogP contribution in [0.25, 0.3) is 0 Å². The Kier molecular flexibility index (Phi) is 7.42. The molecule has 0 aliphatic heterocycles. The highest BCUT2D eigenvalue weighted by Crippen LogP contribution is 2.24. The number of fused-ring (bicyclic) bond motifs is 1. The Balaban J connectivity index is 1.57. The van der Waals surface area contributed by atoms with Gasteiger partial charge in [0.2, 0.25) is 15.9 Å². The summed E-state index contributed by atoms with van der Waals surface area (Å²) in [6.45, 7) is 1.84. The van der Waals surface area contributed by atoms with Crippen LogP contribution in [0.1, 0.15) is 48.9 Å². The number of nitrogens with one attached hydrogen (secondary N) is 1. The van der Waals surface area contributed by atoms with E-state index in [1.165, 1.54) is 22.6 Å². The summed E-state index contributed by atoms with van der Waals surface area (Å²) in [5.74, 6) is -0.210. The Morgan fingerprint density at radius 1 is 0.969 bits per heavy atom. The molecule has 1 aliphatic carbocycles. The van der Waals surface area contributed by atoms with Crippen LogP contribution in [0.5, 0.6) is 0 Å². The number of benzene rings is 2. The first kappa shape index (κ1) is 24.4. The van der Waals surface area contributed by atoms with Gasteiger partial charge < -0.3 is 4.90 Å². The molecule has 0 bridgehead atoms. The molecule has 9 heteroatoms. The molecule has 1 aliphatic rings. The largest absolute Gasteiger partial charge is 0.339 e. The van der Waals surface area contributed by atoms with Gasteiger partial charge in [-0.1, -0.05) is 18.2 Å². The van der Waals surface area contributed by atoms with Gasteiger partial charge in [0.15, 0.2) is 9.84 Å². The first-order valence-electron chi connectivity index (χ1n) is 10.7. The lowest BCUT2D eigenvalue weighted by Crippen LogP contribution is -2.33. The molecule has 7 nitrogen and oxygen atoms in total. The van der Waals surface area contributed by atoms with Crippen molar-refractivity contribution in [1.82, 2.24) is 9.62 Å². The van der Waals surface area contributed by atoms with E-state index >= 15 is 0 Å². The van der Waals surface area contributed by atoms with Crippen LogP contribution in [0.4, 0.5) is 0 Å². The van der Waals surface area contributed by atoms with Crippen LogP contribution < -0.4 is 4.72 Å². The van der Waals surface area contributed by atoms with E-state index < -0.39 is 19.9 Å². The summed E-state index contributed by atoms with van der Waals surface area (Å²) in [6.07, 6.45) is 5.25. The Morgan fingerprint density at radius 3 is 2.19 bits per heavy atom. The molecule has 1 atom stereocenters. The van der Waals surface area contributed by atoms with Crippen LogP contribution in [0, 0.1) is 0 Å². The summed E-state index contributed by atoms with van der Waals surface area (Å²) < 4.78 is 51.0. The first-order chi connectivity index (χ1) is 15.0. The van der Waals surface area contributed by atoms with Crippen LogP contribution in [0.3, 0.4) is 0 Å². The summed E-state index contributed by atoms with van der Waals surface area (Å²) in [5.41, 5.74) is 3.10. The van der Waals surface area contributed by atoms with E-state index in [2.05, 4.69) is 4.72 Å². The molecule has 0 saturated carbocycles. The van der Waals surface area contributed by atoms with Crippen molar-refractivity contribution >= 4 is 25.8 Å². The summed E-state index contributed by atoms with van der Waals surface area (Å²) in [7, 11) is -5.32. The van der Waals surface area contributed by atoms with Crippen molar-refractivity contribution in [2.75, 3.05) is 19.8 Å². The lowest BCUT2D eigenvalue weighted by atomic mass is 9.92. The number of nitrogens with zero attached hydrogens (tertiary/aromatic N) is 1. The molecule has 0 spiro atoms. The molecule has 0 aromatic heterocycles. The fourth-order valence-corrected chi connectivity index (χ4v) is 5.57. The minimum Gasteiger partial charge on any atom is -0.339 e. The fourth-order valence-electron chi connectivity index (χ4n) is 3.86. The fraction of sp³-hybridized carbons (Fsp3) is 0.435. The van der Waals surface area contributed by atoms with Crippen molar-refractivity contribution in [1.29, 1.82) is 0 Å². The SMILES string of the molecule is CC(c1ccc(S(C)(=O)=O)cc1)N(C)C(=O)CCNS(=O)(=O)c1ccc2c(c1)CCCC2. The van der Waals surface area contributed by atoms with E-state index in [9.17, 15) is 21.6 Å². The van der Waals surface area contributed by atoms with E-state index in [4.69, 9.17) is 0 Å². The Morgan fingerprint density at radius 2 is 1.56 bits per heavy atom. The molecule has 1 amide bonds. The molecule has 1 unspecified atom stereocenters. The van der Waals surface area contributed by atoms with Gasteiger partial charge in [0.25, 0.3) is 0 Å². The second kappa shape index (κ2) is 9.72. The maximum Gasteiger partial charge on any atom is 0.240 e. The molecule has 0 heterocycles. The number of aryl methyl sites for hydroxylation is 2. The average molecular weight is 479 g/mol. The molecule has 32 heavy (non-hydrogen) atoms. The molecular formula is C23H30N2O5S2. The average Bonchev–Trinajstić information content (AvgIpc) is 2.77. The molecular weight excluding hydrogens is 448 g/mol. The van der Waals surface area contributed by atoms with Crippen LogP contribution in [0.15, 0.2) is 52.3 Å². The summed E-state index contributed by atoms with van der Waals surface area (Å²) in [5, 5.41) is 0. The standard InChI is InChI=1S/C23H30N2O5S2/c1-17(18-8-11-21(12-9-18)31(3,27)28)25(2)23(26)14-15-24-32(29,30)22-13-10-19-6-4-5-7-20(19)16-22/h8-13,16-17,24H,4-7,14-15H2,1-3H3. The first-order valence-corrected chi connectivity index (χ1v) is 14.0. The van der Waals surface area contributed by atoms with Crippen molar-refractivity contribution in [2.24, 2.45) is 0 Å². The second-order valence-corrected chi connectivity index (χ2v) is 12.1. The number of sulfonamides is 1. The molecule has 3 rings (SSSR count). The predicted octanol–water partition coefficient (Wildman–Crippen LogP) is 2.86. The number of hydrogen-bond donors (Lipinski definition) is 1. The Bertz CT molecular complexity index is 1190. The van der Waals surface area contributed by atoms with Gasteiger partial charge in [0.1, 0.15) is 0 Å². The third-order valence-corrected chi connectivity index (χ3v) is 8.61. The molecule has 0 radical (unpaired) electrons. The molecule has 1 N–H and O–H groups in total.